The summed E-state index contributed by atoms with van der Waals surface area (Å²) in [5.74, 6) is -0.308. The largest absolute Gasteiger partial charge is 0.484 e. The lowest BCUT2D eigenvalue weighted by atomic mass is 10.1. The average molecular weight is 426 g/mol. The Labute approximate surface area is 178 Å². The lowest BCUT2D eigenvalue weighted by molar-refractivity contribution is -0.0520. The number of amides is 1. The van der Waals surface area contributed by atoms with Crippen LogP contribution in [0.4, 0.5) is 20.2 Å². The summed E-state index contributed by atoms with van der Waals surface area (Å²) in [6.45, 7) is -2.12. The number of aromatic nitrogens is 1. The molecule has 0 bridgehead atoms. The summed E-state index contributed by atoms with van der Waals surface area (Å²) in [4.78, 5) is 18.8. The number of carbonyl (C=O) groups excluding carboxylic acids is 1. The maximum atomic E-state index is 13.3. The first-order valence-electron chi connectivity index (χ1n) is 9.74. The van der Waals surface area contributed by atoms with Crippen LogP contribution in [0.25, 0.3) is 0 Å². The lowest BCUT2D eigenvalue weighted by Crippen LogP contribution is -2.26. The molecule has 0 radical (unpaired) electrons. The second-order valence-electron chi connectivity index (χ2n) is 6.83. The number of hydrogen-bond acceptors (Lipinski definition) is 5. The fourth-order valence-corrected chi connectivity index (χ4v) is 3.29. The van der Waals surface area contributed by atoms with Crippen LogP contribution in [0.5, 0.6) is 11.5 Å². The molecule has 160 valence electrons. The van der Waals surface area contributed by atoms with Crippen LogP contribution < -0.4 is 14.4 Å². The van der Waals surface area contributed by atoms with Crippen molar-refractivity contribution in [1.82, 2.24) is 4.98 Å². The molecule has 4 rings (SSSR count). The van der Waals surface area contributed by atoms with Gasteiger partial charge in [0.2, 0.25) is 0 Å². The fraction of sp³-hybridized carbons (Fsp3) is 0.217. The van der Waals surface area contributed by atoms with Gasteiger partial charge in [-0.1, -0.05) is 18.2 Å². The van der Waals surface area contributed by atoms with Crippen molar-refractivity contribution in [1.29, 1.82) is 0 Å². The number of nitrogens with zero attached hydrogens (tertiary/aromatic N) is 2. The van der Waals surface area contributed by atoms with E-state index in [0.29, 0.717) is 36.6 Å². The zero-order valence-corrected chi connectivity index (χ0v) is 16.5. The number of halogens is 2. The van der Waals surface area contributed by atoms with E-state index >= 15 is 0 Å². The van der Waals surface area contributed by atoms with E-state index < -0.39 is 6.61 Å². The standard InChI is InChI=1S/C23H20F2N2O4/c24-23(25)31-20-9-8-18(13-21(20)30-19-10-12-29-15-19)27(17-6-2-1-3-7-17)22(28)16-5-4-11-26-14-16/h1-9,11,13-14,19,23H,10,12,15H2/t19-/m1/s1. The molecule has 31 heavy (non-hydrogen) atoms. The van der Waals surface area contributed by atoms with E-state index in [9.17, 15) is 13.6 Å². The third-order valence-corrected chi connectivity index (χ3v) is 4.71. The number of rotatable bonds is 7. The topological polar surface area (TPSA) is 60.9 Å². The molecule has 0 unspecified atom stereocenters. The molecule has 0 saturated carbocycles. The summed E-state index contributed by atoms with van der Waals surface area (Å²) in [5.41, 5.74) is 1.43. The van der Waals surface area contributed by atoms with Crippen LogP contribution in [0.1, 0.15) is 16.8 Å². The number of hydrogen-bond donors (Lipinski definition) is 0. The summed E-state index contributed by atoms with van der Waals surface area (Å²) in [6.07, 6.45) is 3.40. The number of para-hydroxylation sites is 1. The van der Waals surface area contributed by atoms with Crippen molar-refractivity contribution in [2.45, 2.75) is 19.1 Å². The highest BCUT2D eigenvalue weighted by Gasteiger charge is 2.24. The second kappa shape index (κ2) is 9.53. The van der Waals surface area contributed by atoms with Crippen LogP contribution in [-0.2, 0) is 4.74 Å². The quantitative estimate of drug-likeness (QED) is 0.542. The van der Waals surface area contributed by atoms with Crippen molar-refractivity contribution in [3.05, 3.63) is 78.6 Å². The van der Waals surface area contributed by atoms with Crippen molar-refractivity contribution in [2.75, 3.05) is 18.1 Å². The van der Waals surface area contributed by atoms with Crippen LogP contribution in [0.15, 0.2) is 73.1 Å². The summed E-state index contributed by atoms with van der Waals surface area (Å²) >= 11 is 0. The Kier molecular flexibility index (Phi) is 6.37. The Morgan fingerprint density at radius 3 is 2.58 bits per heavy atom. The number of pyridine rings is 1. The van der Waals surface area contributed by atoms with E-state index in [4.69, 9.17) is 9.47 Å². The summed E-state index contributed by atoms with van der Waals surface area (Å²) in [6, 6.07) is 16.8. The minimum Gasteiger partial charge on any atom is -0.484 e. The first-order chi connectivity index (χ1) is 15.1. The maximum Gasteiger partial charge on any atom is 0.387 e. The van der Waals surface area contributed by atoms with Crippen LogP contribution in [0.3, 0.4) is 0 Å². The van der Waals surface area contributed by atoms with Gasteiger partial charge in [-0.15, -0.1) is 0 Å². The Bertz CT molecular complexity index is 1010. The molecule has 6 nitrogen and oxygen atoms in total. The fourth-order valence-electron chi connectivity index (χ4n) is 3.29. The van der Waals surface area contributed by atoms with Gasteiger partial charge < -0.3 is 14.2 Å². The van der Waals surface area contributed by atoms with E-state index in [1.807, 2.05) is 6.07 Å². The van der Waals surface area contributed by atoms with Crippen molar-refractivity contribution in [3.8, 4) is 11.5 Å². The molecule has 1 aliphatic heterocycles. The number of alkyl halides is 2. The van der Waals surface area contributed by atoms with Crippen molar-refractivity contribution >= 4 is 17.3 Å². The monoisotopic (exact) mass is 426 g/mol. The Hall–Kier alpha value is -3.52. The zero-order chi connectivity index (χ0) is 21.6. The number of ether oxygens (including phenoxy) is 3. The smallest absolute Gasteiger partial charge is 0.387 e. The van der Waals surface area contributed by atoms with Gasteiger partial charge in [0.05, 0.1) is 24.5 Å². The molecule has 1 amide bonds. The first-order valence-corrected chi connectivity index (χ1v) is 9.74. The molecule has 1 atom stereocenters. The van der Waals surface area contributed by atoms with Gasteiger partial charge in [-0.05, 0) is 36.4 Å². The molecule has 1 aromatic heterocycles. The van der Waals surface area contributed by atoms with E-state index in [1.165, 1.54) is 29.3 Å². The summed E-state index contributed by atoms with van der Waals surface area (Å²) in [5, 5.41) is 0. The van der Waals surface area contributed by atoms with Gasteiger partial charge >= 0.3 is 6.61 Å². The van der Waals surface area contributed by atoms with Crippen molar-refractivity contribution < 1.29 is 27.8 Å². The highest BCUT2D eigenvalue weighted by molar-refractivity contribution is 6.10. The van der Waals surface area contributed by atoms with Gasteiger partial charge in [-0.25, -0.2) is 0 Å². The first kappa shape index (κ1) is 20.7. The predicted octanol–water partition coefficient (Wildman–Crippen LogP) is 4.83. The van der Waals surface area contributed by atoms with E-state index in [-0.39, 0.29) is 23.5 Å². The van der Waals surface area contributed by atoms with Crippen molar-refractivity contribution in [2.24, 2.45) is 0 Å². The Morgan fingerprint density at radius 1 is 1.06 bits per heavy atom. The number of carbonyl (C=O) groups is 1. The Balaban J connectivity index is 1.75. The SMILES string of the molecule is O=C(c1cccnc1)N(c1ccccc1)c1ccc(OC(F)F)c(O[C@@H]2CCOC2)c1. The maximum absolute atomic E-state index is 13.3. The van der Waals surface area contributed by atoms with Crippen LogP contribution in [0, 0.1) is 0 Å². The molecule has 1 saturated heterocycles. The molecular weight excluding hydrogens is 406 g/mol. The minimum absolute atomic E-state index is 0.104. The molecule has 1 aliphatic rings. The molecular formula is C23H20F2N2O4. The molecule has 0 aliphatic carbocycles. The molecule has 2 aromatic carbocycles. The molecule has 0 N–H and O–H groups in total. The third-order valence-electron chi connectivity index (χ3n) is 4.71. The van der Waals surface area contributed by atoms with E-state index in [2.05, 4.69) is 9.72 Å². The van der Waals surface area contributed by atoms with Crippen LogP contribution >= 0.6 is 0 Å². The van der Waals surface area contributed by atoms with E-state index in [0.717, 1.165) is 0 Å². The molecule has 1 fully saturated rings. The Morgan fingerprint density at radius 2 is 1.90 bits per heavy atom. The lowest BCUT2D eigenvalue weighted by Gasteiger charge is -2.25. The highest BCUT2D eigenvalue weighted by Crippen LogP contribution is 2.37. The van der Waals surface area contributed by atoms with Gasteiger partial charge in [0, 0.05) is 30.6 Å². The number of anilines is 2. The van der Waals surface area contributed by atoms with Crippen LogP contribution in [-0.4, -0.2) is 36.8 Å². The van der Waals surface area contributed by atoms with Gasteiger partial charge in [0.15, 0.2) is 11.5 Å². The molecule has 2 heterocycles. The van der Waals surface area contributed by atoms with Crippen LogP contribution in [0.2, 0.25) is 0 Å². The third kappa shape index (κ3) is 4.97. The zero-order valence-electron chi connectivity index (χ0n) is 16.5. The summed E-state index contributed by atoms with van der Waals surface area (Å²) < 4.78 is 41.6. The predicted molar refractivity (Wildman–Crippen MR) is 110 cm³/mol. The summed E-state index contributed by atoms with van der Waals surface area (Å²) in [7, 11) is 0. The van der Waals surface area contributed by atoms with Crippen molar-refractivity contribution in [3.63, 3.8) is 0 Å². The van der Waals surface area contributed by atoms with Gasteiger partial charge in [-0.2, -0.15) is 8.78 Å². The second-order valence-corrected chi connectivity index (χ2v) is 6.83. The average Bonchev–Trinajstić information content (AvgIpc) is 3.30. The molecule has 8 heteroatoms. The van der Waals surface area contributed by atoms with Gasteiger partial charge in [-0.3, -0.25) is 14.7 Å². The molecule has 0 spiro atoms. The molecule has 3 aromatic rings. The van der Waals surface area contributed by atoms with Gasteiger partial charge in [0.1, 0.15) is 6.10 Å². The van der Waals surface area contributed by atoms with E-state index in [1.54, 1.807) is 42.6 Å². The normalized spacial score (nSPS) is 15.6. The number of benzene rings is 2. The highest BCUT2D eigenvalue weighted by atomic mass is 19.3. The van der Waals surface area contributed by atoms with Gasteiger partial charge in [0.25, 0.3) is 5.91 Å². The minimum atomic E-state index is -3.00.